The predicted molar refractivity (Wildman–Crippen MR) is 53.6 cm³/mol. The van der Waals surface area contributed by atoms with Crippen molar-refractivity contribution in [3.63, 3.8) is 0 Å². The number of carbonyl (C=O) groups excluding carboxylic acids is 2. The molecule has 13 heavy (non-hydrogen) atoms. The van der Waals surface area contributed by atoms with Gasteiger partial charge in [-0.25, -0.2) is 0 Å². The normalized spacial score (nSPS) is 23.4. The lowest BCUT2D eigenvalue weighted by Crippen LogP contribution is -2.27. The summed E-state index contributed by atoms with van der Waals surface area (Å²) >= 11 is 1.16. The van der Waals surface area contributed by atoms with Gasteiger partial charge in [-0.1, -0.05) is 25.6 Å². The average molecular weight is 201 g/mol. The molecule has 0 spiro atoms. The molecule has 3 nitrogen and oxygen atoms in total. The zero-order valence-electron chi connectivity index (χ0n) is 8.24. The molecule has 1 aliphatic rings. The van der Waals surface area contributed by atoms with E-state index in [2.05, 4.69) is 13.8 Å². The number of amides is 2. The molecule has 74 valence electrons. The van der Waals surface area contributed by atoms with Crippen LogP contribution in [-0.4, -0.2) is 28.3 Å². The number of rotatable bonds is 3. The Bertz CT molecular complexity index is 228. The standard InChI is InChI=1S/C9H15NO2S/c1-6(2)4-5-7-8(11)10(3)9(12)13-7/h6-7H,4-5H2,1-3H3/t7-/m1/s1. The van der Waals surface area contributed by atoms with E-state index >= 15 is 0 Å². The molecule has 0 aliphatic carbocycles. The van der Waals surface area contributed by atoms with Crippen molar-refractivity contribution >= 4 is 22.9 Å². The Labute approximate surface area is 82.9 Å². The number of thioether (sulfide) groups is 1. The summed E-state index contributed by atoms with van der Waals surface area (Å²) in [6, 6.07) is 0. The zero-order chi connectivity index (χ0) is 10.0. The molecule has 1 saturated heterocycles. The molecular weight excluding hydrogens is 186 g/mol. The lowest BCUT2D eigenvalue weighted by Gasteiger charge is -2.08. The first kappa shape index (κ1) is 10.6. The van der Waals surface area contributed by atoms with Crippen LogP contribution in [0.25, 0.3) is 0 Å². The summed E-state index contributed by atoms with van der Waals surface area (Å²) in [6.07, 6.45) is 1.82. The van der Waals surface area contributed by atoms with Gasteiger partial charge in [-0.3, -0.25) is 14.5 Å². The van der Waals surface area contributed by atoms with Crippen molar-refractivity contribution in [1.82, 2.24) is 4.90 Å². The fraction of sp³-hybridized carbons (Fsp3) is 0.778. The lowest BCUT2D eigenvalue weighted by atomic mass is 10.1. The molecule has 0 saturated carbocycles. The summed E-state index contributed by atoms with van der Waals surface area (Å²) in [7, 11) is 1.55. The Morgan fingerprint density at radius 3 is 2.46 bits per heavy atom. The monoisotopic (exact) mass is 201 g/mol. The van der Waals surface area contributed by atoms with Crippen molar-refractivity contribution in [2.24, 2.45) is 5.92 Å². The first-order valence-corrected chi connectivity index (χ1v) is 5.38. The van der Waals surface area contributed by atoms with Crippen LogP contribution in [0.4, 0.5) is 4.79 Å². The third-order valence-electron chi connectivity index (χ3n) is 2.13. The number of hydrogen-bond donors (Lipinski definition) is 0. The fourth-order valence-electron chi connectivity index (χ4n) is 1.22. The first-order chi connectivity index (χ1) is 6.02. The minimum absolute atomic E-state index is 0.0318. The highest BCUT2D eigenvalue weighted by molar-refractivity contribution is 8.15. The van der Waals surface area contributed by atoms with E-state index in [0.29, 0.717) is 5.92 Å². The summed E-state index contributed by atoms with van der Waals surface area (Å²) in [4.78, 5) is 23.7. The minimum Gasteiger partial charge on any atom is -0.275 e. The van der Waals surface area contributed by atoms with E-state index < -0.39 is 0 Å². The third-order valence-corrected chi connectivity index (χ3v) is 3.33. The van der Waals surface area contributed by atoms with Crippen LogP contribution in [0.15, 0.2) is 0 Å². The maximum atomic E-state index is 11.4. The van der Waals surface area contributed by atoms with Gasteiger partial charge in [-0.15, -0.1) is 0 Å². The van der Waals surface area contributed by atoms with Crippen molar-refractivity contribution < 1.29 is 9.59 Å². The van der Waals surface area contributed by atoms with Crippen molar-refractivity contribution in [3.05, 3.63) is 0 Å². The Kier molecular flexibility index (Phi) is 3.36. The van der Waals surface area contributed by atoms with Crippen LogP contribution >= 0.6 is 11.8 Å². The van der Waals surface area contributed by atoms with E-state index in [1.54, 1.807) is 7.05 Å². The Morgan fingerprint density at radius 2 is 2.08 bits per heavy atom. The largest absolute Gasteiger partial charge is 0.288 e. The van der Waals surface area contributed by atoms with Gasteiger partial charge < -0.3 is 0 Å². The average Bonchev–Trinajstić information content (AvgIpc) is 2.29. The number of nitrogens with zero attached hydrogens (tertiary/aromatic N) is 1. The van der Waals surface area contributed by atoms with Gasteiger partial charge in [0.25, 0.3) is 5.24 Å². The second-order valence-electron chi connectivity index (χ2n) is 3.74. The molecule has 2 amide bonds. The summed E-state index contributed by atoms with van der Waals surface area (Å²) in [5, 5.41) is -0.237. The molecule has 0 bridgehead atoms. The summed E-state index contributed by atoms with van der Waals surface area (Å²) in [5.74, 6) is 0.560. The van der Waals surface area contributed by atoms with Gasteiger partial charge >= 0.3 is 0 Å². The molecule has 1 heterocycles. The van der Waals surface area contributed by atoms with Gasteiger partial charge in [0.05, 0.1) is 5.25 Å². The highest BCUT2D eigenvalue weighted by atomic mass is 32.2. The molecule has 0 aromatic heterocycles. The molecule has 0 unspecified atom stereocenters. The molecule has 1 rings (SSSR count). The second-order valence-corrected chi connectivity index (χ2v) is 4.89. The van der Waals surface area contributed by atoms with E-state index in [4.69, 9.17) is 0 Å². The van der Waals surface area contributed by atoms with Crippen molar-refractivity contribution in [2.75, 3.05) is 7.05 Å². The van der Waals surface area contributed by atoms with Crippen molar-refractivity contribution in [1.29, 1.82) is 0 Å². The molecule has 1 aliphatic heterocycles. The second kappa shape index (κ2) is 4.13. The quantitative estimate of drug-likeness (QED) is 0.702. The number of hydrogen-bond acceptors (Lipinski definition) is 3. The topological polar surface area (TPSA) is 37.4 Å². The maximum absolute atomic E-state index is 11.4. The molecule has 0 aromatic carbocycles. The summed E-state index contributed by atoms with van der Waals surface area (Å²) in [5.41, 5.74) is 0. The Hall–Kier alpha value is -0.510. The maximum Gasteiger partial charge on any atom is 0.288 e. The van der Waals surface area contributed by atoms with Crippen LogP contribution in [0.1, 0.15) is 26.7 Å². The van der Waals surface area contributed by atoms with E-state index in [-0.39, 0.29) is 16.4 Å². The summed E-state index contributed by atoms with van der Waals surface area (Å²) in [6.45, 7) is 4.24. The molecule has 4 heteroatoms. The van der Waals surface area contributed by atoms with Crippen molar-refractivity contribution in [3.8, 4) is 0 Å². The fourth-order valence-corrected chi connectivity index (χ4v) is 2.23. The van der Waals surface area contributed by atoms with Gasteiger partial charge in [0.1, 0.15) is 0 Å². The van der Waals surface area contributed by atoms with Gasteiger partial charge in [-0.05, 0) is 18.8 Å². The van der Waals surface area contributed by atoms with Crippen LogP contribution in [0, 0.1) is 5.92 Å². The summed E-state index contributed by atoms with van der Waals surface area (Å²) < 4.78 is 0. The Balaban J connectivity index is 2.45. The van der Waals surface area contributed by atoms with E-state index in [1.807, 2.05) is 0 Å². The molecular formula is C9H15NO2S. The lowest BCUT2D eigenvalue weighted by molar-refractivity contribution is -0.125. The SMILES string of the molecule is CC(C)CC[C@H]1SC(=O)N(C)C1=O. The van der Waals surface area contributed by atoms with Gasteiger partial charge in [0.2, 0.25) is 5.91 Å². The van der Waals surface area contributed by atoms with Crippen LogP contribution in [0.3, 0.4) is 0 Å². The molecule has 1 fully saturated rings. The van der Waals surface area contributed by atoms with E-state index in [9.17, 15) is 9.59 Å². The smallest absolute Gasteiger partial charge is 0.275 e. The first-order valence-electron chi connectivity index (χ1n) is 4.50. The van der Waals surface area contributed by atoms with Crippen LogP contribution in [-0.2, 0) is 4.79 Å². The predicted octanol–water partition coefficient (Wildman–Crippen LogP) is 2.12. The van der Waals surface area contributed by atoms with Crippen LogP contribution in [0.5, 0.6) is 0 Å². The van der Waals surface area contributed by atoms with E-state index in [0.717, 1.165) is 24.6 Å². The Morgan fingerprint density at radius 1 is 1.46 bits per heavy atom. The molecule has 0 N–H and O–H groups in total. The highest BCUT2D eigenvalue weighted by Gasteiger charge is 2.36. The minimum atomic E-state index is -0.125. The van der Waals surface area contributed by atoms with Crippen molar-refractivity contribution in [2.45, 2.75) is 31.9 Å². The van der Waals surface area contributed by atoms with Gasteiger partial charge in [0, 0.05) is 7.05 Å². The highest BCUT2D eigenvalue weighted by Crippen LogP contribution is 2.29. The number of imide groups is 1. The molecule has 0 radical (unpaired) electrons. The van der Waals surface area contributed by atoms with Crippen LogP contribution < -0.4 is 0 Å². The zero-order valence-corrected chi connectivity index (χ0v) is 9.06. The van der Waals surface area contributed by atoms with Crippen LogP contribution in [0.2, 0.25) is 0 Å². The molecule has 0 aromatic rings. The third kappa shape index (κ3) is 2.46. The van der Waals surface area contributed by atoms with Gasteiger partial charge in [-0.2, -0.15) is 0 Å². The molecule has 1 atom stereocenters. The van der Waals surface area contributed by atoms with E-state index in [1.165, 1.54) is 4.90 Å². The number of carbonyl (C=O) groups is 2. The van der Waals surface area contributed by atoms with Gasteiger partial charge in [0.15, 0.2) is 0 Å².